The Labute approximate surface area is 73.6 Å². The zero-order chi connectivity index (χ0) is 8.55. The number of halogens is 1. The highest BCUT2D eigenvalue weighted by Gasteiger charge is 2.02. The molecule has 0 bridgehead atoms. The predicted molar refractivity (Wildman–Crippen MR) is 46.2 cm³/mol. The van der Waals surface area contributed by atoms with E-state index in [4.69, 9.17) is 16.7 Å². The van der Waals surface area contributed by atoms with Gasteiger partial charge in [-0.15, -0.1) is 0 Å². The van der Waals surface area contributed by atoms with Gasteiger partial charge in [-0.3, -0.25) is 4.98 Å². The first-order valence-electron chi connectivity index (χ1n) is 3.37. The summed E-state index contributed by atoms with van der Waals surface area (Å²) in [5.41, 5.74) is 1.21. The quantitative estimate of drug-likeness (QED) is 0.675. The molecule has 0 aromatic carbocycles. The Balaban J connectivity index is 2.89. The normalized spacial score (nSPS) is 10.4. The van der Waals surface area contributed by atoms with Crippen molar-refractivity contribution in [2.75, 3.05) is 0 Å². The Morgan fingerprint density at radius 1 is 1.42 bits per heavy atom. The summed E-state index contributed by atoms with van der Waals surface area (Å²) in [7, 11) is 0. The van der Waals surface area contributed by atoms with Gasteiger partial charge in [-0.25, -0.2) is 4.98 Å². The van der Waals surface area contributed by atoms with E-state index in [2.05, 4.69) is 9.97 Å². The van der Waals surface area contributed by atoms with Gasteiger partial charge in [0.2, 0.25) is 5.88 Å². The van der Waals surface area contributed by atoms with Crippen molar-refractivity contribution in [2.45, 2.75) is 0 Å². The largest absolute Gasteiger partial charge is 0.493 e. The van der Waals surface area contributed by atoms with Gasteiger partial charge < -0.3 is 5.11 Å². The fourth-order valence-corrected chi connectivity index (χ4v) is 1.25. The van der Waals surface area contributed by atoms with Gasteiger partial charge in [0.25, 0.3) is 0 Å². The van der Waals surface area contributed by atoms with Gasteiger partial charge in [0.1, 0.15) is 5.52 Å². The number of hydrogen-bond donors (Lipinski definition) is 1. The molecule has 3 nitrogen and oxygen atoms in total. The lowest BCUT2D eigenvalue weighted by molar-refractivity contribution is 0.456. The van der Waals surface area contributed by atoms with Crippen LogP contribution in [0.5, 0.6) is 5.88 Å². The topological polar surface area (TPSA) is 46.0 Å². The maximum Gasteiger partial charge on any atom is 0.212 e. The molecule has 0 radical (unpaired) electrons. The van der Waals surface area contributed by atoms with Crippen molar-refractivity contribution in [3.63, 3.8) is 0 Å². The third kappa shape index (κ3) is 1.08. The molecule has 0 fully saturated rings. The molecule has 0 aliphatic carbocycles. The standard InChI is InChI=1S/C8H5ClN2O/c9-5-4-7(12)11-6-2-1-3-10-8(5)6/h1-4H,(H,11,12). The predicted octanol–water partition coefficient (Wildman–Crippen LogP) is 1.99. The average Bonchev–Trinajstić information content (AvgIpc) is 2.04. The number of aromatic hydroxyl groups is 1. The number of fused-ring (bicyclic) bond motifs is 1. The lowest BCUT2D eigenvalue weighted by atomic mass is 10.3. The molecule has 4 heteroatoms. The van der Waals surface area contributed by atoms with Gasteiger partial charge >= 0.3 is 0 Å². The monoisotopic (exact) mass is 180 g/mol. The number of rotatable bonds is 0. The summed E-state index contributed by atoms with van der Waals surface area (Å²) in [6.45, 7) is 0. The van der Waals surface area contributed by atoms with E-state index in [0.29, 0.717) is 16.1 Å². The van der Waals surface area contributed by atoms with Gasteiger partial charge in [-0.2, -0.15) is 0 Å². The second-order valence-corrected chi connectivity index (χ2v) is 2.74. The van der Waals surface area contributed by atoms with Gasteiger partial charge in [0.05, 0.1) is 10.5 Å². The summed E-state index contributed by atoms with van der Waals surface area (Å²) in [5, 5.41) is 9.50. The molecular weight excluding hydrogens is 176 g/mol. The van der Waals surface area contributed by atoms with Crippen molar-refractivity contribution in [3.05, 3.63) is 29.4 Å². The van der Waals surface area contributed by atoms with E-state index in [-0.39, 0.29) is 5.88 Å². The van der Waals surface area contributed by atoms with E-state index < -0.39 is 0 Å². The second-order valence-electron chi connectivity index (χ2n) is 2.33. The Morgan fingerprint density at radius 3 is 3.08 bits per heavy atom. The third-order valence-electron chi connectivity index (χ3n) is 1.50. The van der Waals surface area contributed by atoms with Gasteiger partial charge in [0.15, 0.2) is 0 Å². The molecule has 2 aromatic heterocycles. The van der Waals surface area contributed by atoms with Crippen molar-refractivity contribution >= 4 is 22.6 Å². The highest BCUT2D eigenvalue weighted by Crippen LogP contribution is 2.22. The van der Waals surface area contributed by atoms with Crippen LogP contribution in [0.1, 0.15) is 0 Å². The van der Waals surface area contributed by atoms with Crippen molar-refractivity contribution in [1.29, 1.82) is 0 Å². The van der Waals surface area contributed by atoms with E-state index >= 15 is 0 Å². The molecule has 2 heterocycles. The number of nitrogens with zero attached hydrogens (tertiary/aromatic N) is 2. The van der Waals surface area contributed by atoms with Crippen LogP contribution in [0.2, 0.25) is 5.02 Å². The molecule has 0 saturated heterocycles. The molecule has 2 rings (SSSR count). The summed E-state index contributed by atoms with van der Waals surface area (Å²) in [4.78, 5) is 7.86. The lowest BCUT2D eigenvalue weighted by Gasteiger charge is -1.98. The Bertz CT molecular complexity index is 430. The van der Waals surface area contributed by atoms with E-state index in [1.165, 1.54) is 6.07 Å². The molecule has 0 aliphatic rings. The van der Waals surface area contributed by atoms with Crippen molar-refractivity contribution in [3.8, 4) is 5.88 Å². The maximum atomic E-state index is 9.09. The Kier molecular flexibility index (Phi) is 1.59. The van der Waals surface area contributed by atoms with Crippen molar-refractivity contribution in [2.24, 2.45) is 0 Å². The smallest absolute Gasteiger partial charge is 0.212 e. The molecule has 0 atom stereocenters. The van der Waals surface area contributed by atoms with Gasteiger partial charge in [-0.1, -0.05) is 11.6 Å². The average molecular weight is 181 g/mol. The summed E-state index contributed by atoms with van der Waals surface area (Å²) >= 11 is 5.80. The Morgan fingerprint density at radius 2 is 2.25 bits per heavy atom. The van der Waals surface area contributed by atoms with Gasteiger partial charge in [-0.05, 0) is 12.1 Å². The summed E-state index contributed by atoms with van der Waals surface area (Å²) in [6.07, 6.45) is 1.63. The summed E-state index contributed by atoms with van der Waals surface area (Å²) in [6, 6.07) is 4.86. The van der Waals surface area contributed by atoms with E-state index in [9.17, 15) is 0 Å². The second kappa shape index (κ2) is 2.60. The third-order valence-corrected chi connectivity index (χ3v) is 1.79. The van der Waals surface area contributed by atoms with Crippen LogP contribution in [0, 0.1) is 0 Å². The van der Waals surface area contributed by atoms with Crippen LogP contribution in [0.3, 0.4) is 0 Å². The van der Waals surface area contributed by atoms with E-state index in [1.807, 2.05) is 0 Å². The molecule has 0 unspecified atom stereocenters. The van der Waals surface area contributed by atoms with Gasteiger partial charge in [0, 0.05) is 12.3 Å². The highest BCUT2D eigenvalue weighted by molar-refractivity contribution is 6.34. The fourth-order valence-electron chi connectivity index (χ4n) is 1.01. The number of hydrogen-bond acceptors (Lipinski definition) is 3. The molecule has 12 heavy (non-hydrogen) atoms. The van der Waals surface area contributed by atoms with E-state index in [1.54, 1.807) is 18.3 Å². The first-order valence-corrected chi connectivity index (χ1v) is 3.75. The lowest BCUT2D eigenvalue weighted by Crippen LogP contribution is -1.82. The minimum Gasteiger partial charge on any atom is -0.493 e. The van der Waals surface area contributed by atoms with Crippen LogP contribution < -0.4 is 0 Å². The van der Waals surface area contributed by atoms with Crippen molar-refractivity contribution < 1.29 is 5.11 Å². The van der Waals surface area contributed by atoms with Crippen LogP contribution in [-0.2, 0) is 0 Å². The number of aromatic nitrogens is 2. The first-order chi connectivity index (χ1) is 5.77. The molecule has 1 N–H and O–H groups in total. The molecule has 0 saturated carbocycles. The molecule has 2 aromatic rings. The zero-order valence-corrected chi connectivity index (χ0v) is 6.78. The highest BCUT2D eigenvalue weighted by atomic mass is 35.5. The van der Waals surface area contributed by atoms with Crippen molar-refractivity contribution in [1.82, 2.24) is 9.97 Å². The number of pyridine rings is 2. The maximum absolute atomic E-state index is 9.09. The Hall–Kier alpha value is -1.35. The minimum absolute atomic E-state index is 0.0829. The minimum atomic E-state index is -0.0829. The van der Waals surface area contributed by atoms with Crippen LogP contribution in [-0.4, -0.2) is 15.1 Å². The van der Waals surface area contributed by atoms with Crippen LogP contribution in [0.15, 0.2) is 24.4 Å². The van der Waals surface area contributed by atoms with E-state index in [0.717, 1.165) is 0 Å². The summed E-state index contributed by atoms with van der Waals surface area (Å²) in [5.74, 6) is -0.0829. The van der Waals surface area contributed by atoms with Crippen LogP contribution >= 0.6 is 11.6 Å². The molecule has 0 spiro atoms. The SMILES string of the molecule is Oc1cc(Cl)c2ncccc2n1. The fraction of sp³-hybridized carbons (Fsp3) is 0. The summed E-state index contributed by atoms with van der Waals surface area (Å²) < 4.78 is 0. The molecule has 0 aliphatic heterocycles. The zero-order valence-electron chi connectivity index (χ0n) is 6.03. The van der Waals surface area contributed by atoms with Crippen LogP contribution in [0.4, 0.5) is 0 Å². The molecular formula is C8H5ClN2O. The molecule has 0 amide bonds. The molecule has 60 valence electrons. The first kappa shape index (κ1) is 7.31. The van der Waals surface area contributed by atoms with Crippen LogP contribution in [0.25, 0.3) is 11.0 Å².